The van der Waals surface area contributed by atoms with Crippen molar-refractivity contribution < 1.29 is 43.9 Å². The summed E-state index contributed by atoms with van der Waals surface area (Å²) in [5.74, 6) is -1.21. The van der Waals surface area contributed by atoms with Crippen LogP contribution in [-0.4, -0.2) is 109 Å². The molecule has 4 aliphatic carbocycles. The highest BCUT2D eigenvalue weighted by atomic mass is 16.5. The second-order valence-electron chi connectivity index (χ2n) is 29.0. The topological polar surface area (TPSA) is 336 Å². The third kappa shape index (κ3) is 15.0. The summed E-state index contributed by atoms with van der Waals surface area (Å²) in [5, 5.41) is 108. The fraction of sp³-hybridized carbons (Fsp3) is 0.368. The first-order valence-electron chi connectivity index (χ1n) is 35.2. The first-order valence-corrected chi connectivity index (χ1v) is 35.2. The van der Waals surface area contributed by atoms with Crippen LogP contribution >= 0.6 is 0 Å². The lowest BCUT2D eigenvalue weighted by molar-refractivity contribution is -0.617. The lowest BCUT2D eigenvalue weighted by Crippen LogP contribution is -2.41. The van der Waals surface area contributed by atoms with Gasteiger partial charge in [0, 0.05) is 127 Å². The van der Waals surface area contributed by atoms with Gasteiger partial charge in [-0.1, -0.05) is 13.8 Å². The van der Waals surface area contributed by atoms with Crippen LogP contribution in [0, 0.1) is 22.5 Å². The molecule has 27 heteroatoms. The van der Waals surface area contributed by atoms with Crippen molar-refractivity contribution in [2.45, 2.75) is 178 Å². The molecule has 6 N–H and O–H groups in total. The van der Waals surface area contributed by atoms with Gasteiger partial charge < -0.3 is 46.9 Å². The van der Waals surface area contributed by atoms with Crippen LogP contribution in [-0.2, 0) is 0 Å². The van der Waals surface area contributed by atoms with Crippen molar-refractivity contribution >= 4 is 67.5 Å². The van der Waals surface area contributed by atoms with Gasteiger partial charge in [-0.15, -0.1) is 0 Å². The number of fused-ring (bicyclic) bond motifs is 3. The number of nitrogens with zero attached hydrogens (tertiary/aromatic N) is 15. The Balaban J connectivity index is 0.000000131. The molecular formula is C76H84N18O9. The third-order valence-electron chi connectivity index (χ3n) is 20.5. The molecule has 3 aromatic carbocycles. The van der Waals surface area contributed by atoms with E-state index in [1.807, 2.05) is 110 Å². The average Bonchev–Trinajstić information content (AvgIpc) is 1.66. The Morgan fingerprint density at radius 2 is 0.806 bits per heavy atom. The number of hydrogen-bond donors (Lipinski definition) is 6. The van der Waals surface area contributed by atoms with Crippen LogP contribution in [0.25, 0.3) is 49.8 Å². The molecule has 103 heavy (non-hydrogen) atoms. The average molecular weight is 1390 g/mol. The Labute approximate surface area is 593 Å². The number of anilines is 3. The maximum atomic E-state index is 13.2. The Kier molecular flexibility index (Phi) is 18.7. The number of pyridine rings is 3. The van der Waals surface area contributed by atoms with E-state index in [2.05, 4.69) is 31.2 Å². The minimum absolute atomic E-state index is 0.00874. The molecule has 16 rings (SSSR count). The van der Waals surface area contributed by atoms with E-state index in [4.69, 9.17) is 15.3 Å². The van der Waals surface area contributed by atoms with Crippen LogP contribution in [0.1, 0.15) is 203 Å². The third-order valence-corrected chi connectivity index (χ3v) is 20.5. The second kappa shape index (κ2) is 28.0. The Hall–Kier alpha value is -11.2. The largest absolute Gasteiger partial charge is 0.618 e. The minimum Gasteiger partial charge on any atom is -0.618 e. The first kappa shape index (κ1) is 68.9. The highest BCUT2D eigenvalue weighted by Crippen LogP contribution is 2.41. The van der Waals surface area contributed by atoms with Crippen molar-refractivity contribution in [3.8, 4) is 17.1 Å². The van der Waals surface area contributed by atoms with Gasteiger partial charge in [0.05, 0.1) is 85.6 Å². The van der Waals surface area contributed by atoms with Crippen LogP contribution in [0.4, 0.5) is 17.1 Å². The van der Waals surface area contributed by atoms with E-state index in [0.717, 1.165) is 127 Å². The highest BCUT2D eigenvalue weighted by Gasteiger charge is 2.36. The fourth-order valence-corrected chi connectivity index (χ4v) is 14.2. The molecule has 12 aromatic rings. The summed E-state index contributed by atoms with van der Waals surface area (Å²) in [4.78, 5) is 39.3. The molecule has 27 nitrogen and oxygen atoms in total. The number of amides is 3. The lowest BCUT2D eigenvalue weighted by Gasteiger charge is -2.33. The normalized spacial score (nSPS) is 21.2. The summed E-state index contributed by atoms with van der Waals surface area (Å²) >= 11 is 0. The Morgan fingerprint density at radius 3 is 1.15 bits per heavy atom. The number of aromatic nitrogens is 15. The van der Waals surface area contributed by atoms with E-state index >= 15 is 0 Å². The summed E-state index contributed by atoms with van der Waals surface area (Å²) < 4.78 is 13.0. The fourth-order valence-electron chi connectivity index (χ4n) is 14.2. The number of carbonyl (C=O) groups excluding carboxylic acids is 3. The molecule has 0 radical (unpaired) electrons. The molecule has 0 aliphatic heterocycles. The molecule has 4 saturated carbocycles. The number of rotatable bonds is 14. The summed E-state index contributed by atoms with van der Waals surface area (Å²) in [6.07, 6.45) is 27.9. The van der Waals surface area contributed by atoms with E-state index in [9.17, 15) is 45.3 Å². The van der Waals surface area contributed by atoms with Crippen molar-refractivity contribution in [2.75, 3.05) is 16.0 Å². The van der Waals surface area contributed by atoms with Crippen molar-refractivity contribution in [2.24, 2.45) is 0 Å². The van der Waals surface area contributed by atoms with Crippen molar-refractivity contribution in [3.63, 3.8) is 0 Å². The van der Waals surface area contributed by atoms with Crippen LogP contribution in [0.3, 0.4) is 0 Å². The summed E-state index contributed by atoms with van der Waals surface area (Å²) in [7, 11) is 0. The number of nitrogens with one attached hydrogen (secondary N) is 3. The van der Waals surface area contributed by atoms with Gasteiger partial charge in [-0.25, -0.2) is 14.0 Å². The van der Waals surface area contributed by atoms with Crippen LogP contribution in [0.2, 0.25) is 0 Å². The molecule has 0 spiro atoms. The van der Waals surface area contributed by atoms with Crippen LogP contribution in [0.5, 0.6) is 0 Å². The molecule has 4 aliphatic rings. The van der Waals surface area contributed by atoms with Crippen LogP contribution in [0.15, 0.2) is 165 Å². The quantitative estimate of drug-likeness (QED) is 0.0435. The van der Waals surface area contributed by atoms with Gasteiger partial charge >= 0.3 is 17.7 Å². The lowest BCUT2D eigenvalue weighted by atomic mass is 9.84. The molecule has 0 saturated heterocycles. The monoisotopic (exact) mass is 1390 g/mol. The molecule has 4 fully saturated rings. The standard InChI is InChI=1S/C26H28N6O3.C26H30N6O3.C24H26N6O3/c1-26(34)10-8-19(9-11-26)31-16-18-14-21(24(15-20(18)29-31)30-13-3-12-27-30)28-25(33)23-5-2-4-22(32(23)35)17-6-7-17;1-17(2)22-6-4-7-23(32(22)35)25(33)28-21-14-18-16-31(19-8-10-26(3,34)11-9-19)29-20(18)15-24(21)30-13-5-12-27-30;1-16-5-3-6-21(30(16)33)23(31)26-20-13-17-15-29(18-7-9-24(2,32)10-8-18)27-19(17)14-22(20)28-12-4-11-25-28/h2-5,12-17,19,34H,6-11H2,1H3,(H,28,33);4-7,12-17,19,34H,8-11H2,1-3H3,(H,28,33);3-6,11-15,18,32H,7-10H2,1-2H3,(H,26,31). The molecule has 0 bridgehead atoms. The van der Waals surface area contributed by atoms with Gasteiger partial charge in [0.15, 0.2) is 17.1 Å². The molecule has 0 unspecified atom stereocenters. The molecule has 0 atom stereocenters. The zero-order valence-electron chi connectivity index (χ0n) is 58.4. The zero-order chi connectivity index (χ0) is 72.1. The predicted molar refractivity (Wildman–Crippen MR) is 386 cm³/mol. The van der Waals surface area contributed by atoms with E-state index in [0.29, 0.717) is 60.7 Å². The van der Waals surface area contributed by atoms with Gasteiger partial charge in [0.1, 0.15) is 0 Å². The van der Waals surface area contributed by atoms with Crippen LogP contribution < -0.4 is 30.1 Å². The maximum Gasteiger partial charge on any atom is 0.321 e. The number of carbonyl (C=O) groups is 3. The smallest absolute Gasteiger partial charge is 0.321 e. The van der Waals surface area contributed by atoms with Gasteiger partial charge in [-0.2, -0.15) is 44.8 Å². The van der Waals surface area contributed by atoms with E-state index in [1.165, 1.54) is 12.1 Å². The summed E-state index contributed by atoms with van der Waals surface area (Å²) in [5.41, 5.74) is 5.88. The molecule has 9 aromatic heterocycles. The minimum atomic E-state index is -0.612. The predicted octanol–water partition coefficient (Wildman–Crippen LogP) is 11.2. The van der Waals surface area contributed by atoms with Crippen molar-refractivity contribution in [3.05, 3.63) is 215 Å². The number of benzene rings is 3. The van der Waals surface area contributed by atoms with E-state index < -0.39 is 34.5 Å². The molecular weight excluding hydrogens is 1310 g/mol. The summed E-state index contributed by atoms with van der Waals surface area (Å²) in [6.45, 7) is 11.1. The van der Waals surface area contributed by atoms with Crippen molar-refractivity contribution in [1.29, 1.82) is 0 Å². The molecule has 9 heterocycles. The van der Waals surface area contributed by atoms with E-state index in [-0.39, 0.29) is 47.0 Å². The van der Waals surface area contributed by atoms with Gasteiger partial charge in [0.2, 0.25) is 0 Å². The van der Waals surface area contributed by atoms with Gasteiger partial charge in [0.25, 0.3) is 17.1 Å². The number of hydrogen-bond acceptors (Lipinski definition) is 15. The van der Waals surface area contributed by atoms with Gasteiger partial charge in [-0.3, -0.25) is 28.4 Å². The summed E-state index contributed by atoms with van der Waals surface area (Å²) in [6, 6.07) is 32.3. The molecule has 3 amide bonds. The van der Waals surface area contributed by atoms with Crippen molar-refractivity contribution in [1.82, 2.24) is 58.7 Å². The number of aliphatic hydroxyl groups is 3. The zero-order valence-corrected chi connectivity index (χ0v) is 58.4. The second-order valence-corrected chi connectivity index (χ2v) is 29.0. The highest BCUT2D eigenvalue weighted by molar-refractivity contribution is 6.06. The molecule has 532 valence electrons. The number of aryl methyl sites for hydroxylation is 1. The SMILES string of the molecule is CC(C)c1cccc(C(=O)Nc2cc3cn(C4CCC(C)(O)CC4)nc3cc2-n2cccn2)[n+]1[O-].CC1(O)CCC(n2cc3cc(NC(=O)c4cccc(C5CC5)[n+]4[O-])c(-n4cccn4)cc3n2)CC1.Cc1cccc(C(=O)Nc2cc3cn(C4CCC(C)(O)CC4)nc3cc2-n2cccn2)[n+]1[O-]. The Bertz CT molecular complexity index is 4870. The van der Waals surface area contributed by atoms with E-state index in [1.54, 1.807) is 113 Å². The first-order chi connectivity index (χ1) is 49.4. The van der Waals surface area contributed by atoms with Gasteiger partial charge in [-0.05, 0) is 183 Å². The Morgan fingerprint density at radius 1 is 0.466 bits per heavy atom. The maximum absolute atomic E-state index is 13.2.